The maximum atomic E-state index is 11.1. The quantitative estimate of drug-likeness (QED) is 0.880. The summed E-state index contributed by atoms with van der Waals surface area (Å²) >= 11 is 0. The number of carbonyl (C=O) groups is 1. The first-order valence-corrected chi connectivity index (χ1v) is 6.69. The molecule has 0 saturated heterocycles. The van der Waals surface area contributed by atoms with Crippen LogP contribution in [0, 0.1) is 0 Å². The summed E-state index contributed by atoms with van der Waals surface area (Å²) in [6.07, 6.45) is 5.17. The Bertz CT molecular complexity index is 630. The van der Waals surface area contributed by atoms with Crippen LogP contribution < -0.4 is 5.32 Å². The summed E-state index contributed by atoms with van der Waals surface area (Å²) in [5, 5.41) is 12.5. The van der Waals surface area contributed by atoms with Crippen LogP contribution in [0.15, 0.2) is 24.4 Å². The number of hydrogen-bond acceptors (Lipinski definition) is 2. The third-order valence-electron chi connectivity index (χ3n) is 4.09. The van der Waals surface area contributed by atoms with E-state index in [1.54, 1.807) is 0 Å². The third kappa shape index (κ3) is 2.02. The molecule has 2 N–H and O–H groups in total. The largest absolute Gasteiger partial charge is 0.481 e. The molecule has 0 aliphatic heterocycles. The van der Waals surface area contributed by atoms with E-state index in [9.17, 15) is 4.79 Å². The van der Waals surface area contributed by atoms with Gasteiger partial charge in [0.15, 0.2) is 0 Å². The second-order valence-electron chi connectivity index (χ2n) is 5.16. The lowest BCUT2D eigenvalue weighted by Crippen LogP contribution is -2.32. The molecular weight excluding hydrogens is 240 g/mol. The lowest BCUT2D eigenvalue weighted by atomic mass is 9.90. The van der Waals surface area contributed by atoms with Crippen molar-refractivity contribution in [3.8, 4) is 0 Å². The number of likely N-dealkylation sites (N-methyl/N-ethyl adjacent to an activating group) is 1. The highest BCUT2D eigenvalue weighted by molar-refractivity contribution is 5.76. The SMILES string of the molecule is CN[C@@H]1CCc2c(CC(=O)O)c3ccccn3c2C1. The second-order valence-corrected chi connectivity index (χ2v) is 5.16. The van der Waals surface area contributed by atoms with E-state index >= 15 is 0 Å². The molecule has 0 amide bonds. The summed E-state index contributed by atoms with van der Waals surface area (Å²) < 4.78 is 2.16. The zero-order valence-electron chi connectivity index (χ0n) is 11.0. The number of carboxylic acids is 1. The van der Waals surface area contributed by atoms with Crippen LogP contribution in [-0.4, -0.2) is 28.6 Å². The number of carboxylic acid groups (broad SMARTS) is 1. The topological polar surface area (TPSA) is 53.7 Å². The Morgan fingerprint density at radius 3 is 3.11 bits per heavy atom. The number of aliphatic carboxylic acids is 1. The molecule has 0 bridgehead atoms. The monoisotopic (exact) mass is 258 g/mol. The molecule has 0 unspecified atom stereocenters. The van der Waals surface area contributed by atoms with Crippen molar-refractivity contribution >= 4 is 11.5 Å². The van der Waals surface area contributed by atoms with Gasteiger partial charge in [0.1, 0.15) is 0 Å². The molecule has 0 spiro atoms. The standard InChI is InChI=1S/C15H18N2O2/c1-16-10-5-6-11-12(9-15(18)19)13-4-2-3-7-17(13)14(11)8-10/h2-4,7,10,16H,5-6,8-9H2,1H3,(H,18,19)/t10-/m1/s1. The van der Waals surface area contributed by atoms with Crippen molar-refractivity contribution in [2.24, 2.45) is 0 Å². The molecule has 0 aromatic carbocycles. The Hall–Kier alpha value is -1.81. The summed E-state index contributed by atoms with van der Waals surface area (Å²) in [4.78, 5) is 11.1. The molecule has 0 fully saturated rings. The number of rotatable bonds is 3. The number of fused-ring (bicyclic) bond motifs is 3. The van der Waals surface area contributed by atoms with Gasteiger partial charge >= 0.3 is 5.97 Å². The highest BCUT2D eigenvalue weighted by atomic mass is 16.4. The average Bonchev–Trinajstić information content (AvgIpc) is 2.73. The predicted octanol–water partition coefficient (Wildman–Crippen LogP) is 1.64. The predicted molar refractivity (Wildman–Crippen MR) is 73.6 cm³/mol. The molecule has 0 saturated carbocycles. The average molecular weight is 258 g/mol. The van der Waals surface area contributed by atoms with Crippen LogP contribution in [0.4, 0.5) is 0 Å². The molecule has 1 aliphatic rings. The van der Waals surface area contributed by atoms with E-state index < -0.39 is 5.97 Å². The Morgan fingerprint density at radius 2 is 2.37 bits per heavy atom. The van der Waals surface area contributed by atoms with Gasteiger partial charge in [0.25, 0.3) is 0 Å². The molecule has 4 nitrogen and oxygen atoms in total. The van der Waals surface area contributed by atoms with Gasteiger partial charge < -0.3 is 14.8 Å². The van der Waals surface area contributed by atoms with E-state index in [1.165, 1.54) is 11.3 Å². The molecule has 1 aliphatic carbocycles. The molecule has 19 heavy (non-hydrogen) atoms. The van der Waals surface area contributed by atoms with Crippen molar-refractivity contribution in [3.05, 3.63) is 41.2 Å². The Kier molecular flexibility index (Phi) is 3.03. The smallest absolute Gasteiger partial charge is 0.307 e. The van der Waals surface area contributed by atoms with Crippen LogP contribution in [-0.2, 0) is 24.1 Å². The summed E-state index contributed by atoms with van der Waals surface area (Å²) in [6.45, 7) is 0. The van der Waals surface area contributed by atoms with E-state index in [0.717, 1.165) is 30.3 Å². The first-order valence-electron chi connectivity index (χ1n) is 6.69. The third-order valence-corrected chi connectivity index (χ3v) is 4.09. The maximum absolute atomic E-state index is 11.1. The van der Waals surface area contributed by atoms with Gasteiger partial charge in [0.2, 0.25) is 0 Å². The van der Waals surface area contributed by atoms with Crippen molar-refractivity contribution < 1.29 is 9.90 Å². The molecule has 4 heteroatoms. The minimum atomic E-state index is -0.755. The maximum Gasteiger partial charge on any atom is 0.307 e. The van der Waals surface area contributed by atoms with Crippen molar-refractivity contribution in [2.45, 2.75) is 31.7 Å². The normalized spacial score (nSPS) is 18.5. The van der Waals surface area contributed by atoms with Crippen LogP contribution in [0.1, 0.15) is 23.2 Å². The highest BCUT2D eigenvalue weighted by Crippen LogP contribution is 2.30. The summed E-state index contributed by atoms with van der Waals surface area (Å²) in [7, 11) is 1.99. The number of aromatic nitrogens is 1. The summed E-state index contributed by atoms with van der Waals surface area (Å²) in [5.41, 5.74) is 4.57. The van der Waals surface area contributed by atoms with Crippen LogP contribution >= 0.6 is 0 Å². The number of pyridine rings is 1. The van der Waals surface area contributed by atoms with Crippen molar-refractivity contribution in [3.63, 3.8) is 0 Å². The van der Waals surface area contributed by atoms with E-state index in [2.05, 4.69) is 9.72 Å². The Morgan fingerprint density at radius 1 is 1.53 bits per heavy atom. The molecule has 1 atom stereocenters. The zero-order chi connectivity index (χ0) is 13.4. The molecule has 100 valence electrons. The van der Waals surface area contributed by atoms with Crippen LogP contribution in [0.5, 0.6) is 0 Å². The highest BCUT2D eigenvalue weighted by Gasteiger charge is 2.25. The first-order chi connectivity index (χ1) is 9.20. The Balaban J connectivity index is 2.18. The second kappa shape index (κ2) is 4.70. The van der Waals surface area contributed by atoms with Gasteiger partial charge in [-0.05, 0) is 43.1 Å². The van der Waals surface area contributed by atoms with Gasteiger partial charge in [-0.15, -0.1) is 0 Å². The zero-order valence-corrected chi connectivity index (χ0v) is 11.0. The molecule has 3 rings (SSSR count). The molecule has 2 heterocycles. The van der Waals surface area contributed by atoms with Gasteiger partial charge in [-0.3, -0.25) is 4.79 Å². The lowest BCUT2D eigenvalue weighted by Gasteiger charge is -2.22. The van der Waals surface area contributed by atoms with Gasteiger partial charge in [-0.25, -0.2) is 0 Å². The number of nitrogens with one attached hydrogen (secondary N) is 1. The van der Waals surface area contributed by atoms with Crippen LogP contribution in [0.3, 0.4) is 0 Å². The van der Waals surface area contributed by atoms with Gasteiger partial charge in [0, 0.05) is 29.9 Å². The summed E-state index contributed by atoms with van der Waals surface area (Å²) in [6, 6.07) is 6.48. The van der Waals surface area contributed by atoms with Crippen molar-refractivity contribution in [1.82, 2.24) is 9.72 Å². The lowest BCUT2D eigenvalue weighted by molar-refractivity contribution is -0.136. The minimum Gasteiger partial charge on any atom is -0.481 e. The molecule has 2 aromatic heterocycles. The fourth-order valence-electron chi connectivity index (χ4n) is 3.16. The molecule has 0 radical (unpaired) electrons. The van der Waals surface area contributed by atoms with Crippen LogP contribution in [0.2, 0.25) is 0 Å². The minimum absolute atomic E-state index is 0.118. The van der Waals surface area contributed by atoms with E-state index in [4.69, 9.17) is 5.11 Å². The van der Waals surface area contributed by atoms with E-state index in [0.29, 0.717) is 6.04 Å². The molecular formula is C15H18N2O2. The van der Waals surface area contributed by atoms with E-state index in [-0.39, 0.29) is 6.42 Å². The van der Waals surface area contributed by atoms with Gasteiger partial charge in [-0.2, -0.15) is 0 Å². The van der Waals surface area contributed by atoms with E-state index in [1.807, 2.05) is 31.4 Å². The van der Waals surface area contributed by atoms with Gasteiger partial charge in [0.05, 0.1) is 6.42 Å². The summed E-state index contributed by atoms with van der Waals surface area (Å²) in [5.74, 6) is -0.755. The van der Waals surface area contributed by atoms with Crippen molar-refractivity contribution in [2.75, 3.05) is 7.05 Å². The number of hydrogen-bond donors (Lipinski definition) is 2. The first kappa shape index (κ1) is 12.2. The van der Waals surface area contributed by atoms with Crippen LogP contribution in [0.25, 0.3) is 5.52 Å². The molecule has 2 aromatic rings. The fraction of sp³-hybridized carbons (Fsp3) is 0.400. The fourth-order valence-corrected chi connectivity index (χ4v) is 3.16. The number of nitrogens with zero attached hydrogens (tertiary/aromatic N) is 1. The Labute approximate surface area is 112 Å². The van der Waals surface area contributed by atoms with Gasteiger partial charge in [-0.1, -0.05) is 6.07 Å². The van der Waals surface area contributed by atoms with Crippen molar-refractivity contribution in [1.29, 1.82) is 0 Å².